The van der Waals surface area contributed by atoms with Crippen molar-refractivity contribution in [1.82, 2.24) is 0 Å². The fourth-order valence-corrected chi connectivity index (χ4v) is 3.11. The highest BCUT2D eigenvalue weighted by atomic mass is 32.2. The molecular weight excluding hydrogens is 261 g/mol. The molecule has 2 rings (SSSR count). The smallest absolute Gasteiger partial charge is 0.337 e. The van der Waals surface area contributed by atoms with Crippen LogP contribution in [0.1, 0.15) is 10.4 Å². The van der Waals surface area contributed by atoms with E-state index in [9.17, 15) is 17.6 Å². The van der Waals surface area contributed by atoms with Crippen molar-refractivity contribution in [1.29, 1.82) is 0 Å². The summed E-state index contributed by atoms with van der Waals surface area (Å²) in [6, 6.07) is 3.49. The van der Waals surface area contributed by atoms with E-state index in [1.54, 1.807) is 4.90 Å². The van der Waals surface area contributed by atoms with E-state index in [0.717, 1.165) is 6.07 Å². The van der Waals surface area contributed by atoms with Crippen LogP contribution < -0.4 is 4.90 Å². The van der Waals surface area contributed by atoms with E-state index in [1.165, 1.54) is 12.1 Å². The van der Waals surface area contributed by atoms with Crippen LogP contribution in [-0.4, -0.2) is 44.1 Å². The van der Waals surface area contributed by atoms with Crippen LogP contribution in [0.3, 0.4) is 0 Å². The standard InChI is InChI=1S/C11H12FNO4S/c12-8-1-2-10(9(7-8)11(14)15)13-3-5-18(16,17)6-4-13/h1-2,7H,3-6H2,(H,14,15). The van der Waals surface area contributed by atoms with Crippen LogP contribution in [0, 0.1) is 5.82 Å². The normalized spacial score (nSPS) is 18.6. The third-order valence-electron chi connectivity index (χ3n) is 2.87. The van der Waals surface area contributed by atoms with Crippen molar-refractivity contribution in [2.45, 2.75) is 0 Å². The number of carboxylic acids is 1. The number of rotatable bonds is 2. The van der Waals surface area contributed by atoms with Crippen molar-refractivity contribution in [2.24, 2.45) is 0 Å². The summed E-state index contributed by atoms with van der Waals surface area (Å²) in [6.07, 6.45) is 0. The van der Waals surface area contributed by atoms with Crippen molar-refractivity contribution in [3.8, 4) is 0 Å². The van der Waals surface area contributed by atoms with Gasteiger partial charge in [0.15, 0.2) is 9.84 Å². The first kappa shape index (κ1) is 12.8. The molecule has 0 amide bonds. The Labute approximate surface area is 104 Å². The Morgan fingerprint density at radius 2 is 1.89 bits per heavy atom. The number of hydrogen-bond donors (Lipinski definition) is 1. The maximum absolute atomic E-state index is 13.0. The summed E-state index contributed by atoms with van der Waals surface area (Å²) in [7, 11) is -3.03. The summed E-state index contributed by atoms with van der Waals surface area (Å²) in [5.74, 6) is -1.87. The van der Waals surface area contributed by atoms with Crippen molar-refractivity contribution in [2.75, 3.05) is 29.5 Å². The quantitative estimate of drug-likeness (QED) is 0.861. The Morgan fingerprint density at radius 1 is 1.28 bits per heavy atom. The highest BCUT2D eigenvalue weighted by molar-refractivity contribution is 7.91. The molecule has 1 N–H and O–H groups in total. The molecule has 0 radical (unpaired) electrons. The van der Waals surface area contributed by atoms with Gasteiger partial charge in [0.1, 0.15) is 5.82 Å². The van der Waals surface area contributed by atoms with Crippen molar-refractivity contribution < 1.29 is 22.7 Å². The number of carbonyl (C=O) groups is 1. The molecule has 0 atom stereocenters. The SMILES string of the molecule is O=C(O)c1cc(F)ccc1N1CCS(=O)(=O)CC1. The summed E-state index contributed by atoms with van der Waals surface area (Å²) >= 11 is 0. The van der Waals surface area contributed by atoms with Gasteiger partial charge in [0.25, 0.3) is 0 Å². The number of benzene rings is 1. The maximum Gasteiger partial charge on any atom is 0.337 e. The molecule has 1 aromatic carbocycles. The van der Waals surface area contributed by atoms with E-state index >= 15 is 0 Å². The summed E-state index contributed by atoms with van der Waals surface area (Å²) in [6.45, 7) is 0.461. The maximum atomic E-state index is 13.0. The number of aromatic carboxylic acids is 1. The van der Waals surface area contributed by atoms with Crippen LogP contribution >= 0.6 is 0 Å². The van der Waals surface area contributed by atoms with E-state index in [2.05, 4.69) is 0 Å². The van der Waals surface area contributed by atoms with Crippen molar-refractivity contribution in [3.05, 3.63) is 29.6 Å². The summed E-state index contributed by atoms with van der Waals surface area (Å²) in [5, 5.41) is 9.01. The lowest BCUT2D eigenvalue weighted by molar-refractivity contribution is 0.0697. The van der Waals surface area contributed by atoms with Gasteiger partial charge in [-0.3, -0.25) is 0 Å². The van der Waals surface area contributed by atoms with Gasteiger partial charge in [-0.2, -0.15) is 0 Å². The second kappa shape index (κ2) is 4.56. The monoisotopic (exact) mass is 273 g/mol. The Morgan fingerprint density at radius 3 is 2.44 bits per heavy atom. The third-order valence-corrected chi connectivity index (χ3v) is 4.48. The first-order valence-electron chi connectivity index (χ1n) is 5.37. The van der Waals surface area contributed by atoms with Crippen LogP contribution in [0.25, 0.3) is 0 Å². The second-order valence-electron chi connectivity index (χ2n) is 4.11. The van der Waals surface area contributed by atoms with Crippen LogP contribution in [0.15, 0.2) is 18.2 Å². The molecule has 7 heteroatoms. The third kappa shape index (κ3) is 2.61. The predicted molar refractivity (Wildman–Crippen MR) is 64.2 cm³/mol. The lowest BCUT2D eigenvalue weighted by Gasteiger charge is -2.29. The van der Waals surface area contributed by atoms with Gasteiger partial charge in [-0.05, 0) is 18.2 Å². The van der Waals surface area contributed by atoms with E-state index in [0.29, 0.717) is 5.69 Å². The number of halogens is 1. The Hall–Kier alpha value is -1.63. The molecule has 0 bridgehead atoms. The van der Waals surface area contributed by atoms with Crippen LogP contribution in [0.4, 0.5) is 10.1 Å². The molecular formula is C11H12FNO4S. The van der Waals surface area contributed by atoms with Crippen molar-refractivity contribution in [3.63, 3.8) is 0 Å². The van der Waals surface area contributed by atoms with Gasteiger partial charge in [-0.25, -0.2) is 17.6 Å². The zero-order chi connectivity index (χ0) is 13.3. The first-order valence-corrected chi connectivity index (χ1v) is 7.19. The second-order valence-corrected chi connectivity index (χ2v) is 6.41. The number of carboxylic acid groups (broad SMARTS) is 1. The van der Waals surface area contributed by atoms with E-state index < -0.39 is 21.6 Å². The van der Waals surface area contributed by atoms with Gasteiger partial charge in [0.05, 0.1) is 22.8 Å². The molecule has 0 unspecified atom stereocenters. The highest BCUT2D eigenvalue weighted by Crippen LogP contribution is 2.23. The first-order chi connectivity index (χ1) is 8.39. The topological polar surface area (TPSA) is 74.7 Å². The van der Waals surface area contributed by atoms with E-state index in [-0.39, 0.29) is 30.2 Å². The zero-order valence-corrected chi connectivity index (χ0v) is 10.3. The largest absolute Gasteiger partial charge is 0.478 e. The van der Waals surface area contributed by atoms with E-state index in [1.807, 2.05) is 0 Å². The molecule has 0 aliphatic carbocycles. The molecule has 98 valence electrons. The van der Waals surface area contributed by atoms with Gasteiger partial charge >= 0.3 is 5.97 Å². The molecule has 1 saturated heterocycles. The number of nitrogens with zero attached hydrogens (tertiary/aromatic N) is 1. The Bertz CT molecular complexity index is 571. The summed E-state index contributed by atoms with van der Waals surface area (Å²) < 4.78 is 35.6. The molecule has 0 spiro atoms. The molecule has 1 aromatic rings. The van der Waals surface area contributed by atoms with Crippen LogP contribution in [-0.2, 0) is 9.84 Å². The molecule has 1 aliphatic rings. The minimum atomic E-state index is -3.03. The average molecular weight is 273 g/mol. The van der Waals surface area contributed by atoms with Gasteiger partial charge in [-0.1, -0.05) is 0 Å². The van der Waals surface area contributed by atoms with Crippen LogP contribution in [0.2, 0.25) is 0 Å². The fourth-order valence-electron chi connectivity index (χ4n) is 1.91. The lowest BCUT2D eigenvalue weighted by Crippen LogP contribution is -2.40. The molecule has 0 saturated carbocycles. The van der Waals surface area contributed by atoms with Gasteiger partial charge in [-0.15, -0.1) is 0 Å². The summed E-state index contributed by atoms with van der Waals surface area (Å²) in [5.41, 5.74) is 0.216. The zero-order valence-electron chi connectivity index (χ0n) is 9.47. The minimum Gasteiger partial charge on any atom is -0.478 e. The predicted octanol–water partition coefficient (Wildman–Crippen LogP) is 0.759. The fraction of sp³-hybridized carbons (Fsp3) is 0.364. The number of hydrogen-bond acceptors (Lipinski definition) is 4. The minimum absolute atomic E-state index is 0.0105. The molecule has 1 aliphatic heterocycles. The van der Waals surface area contributed by atoms with Crippen molar-refractivity contribution >= 4 is 21.5 Å². The highest BCUT2D eigenvalue weighted by Gasteiger charge is 2.24. The van der Waals surface area contributed by atoms with Gasteiger partial charge in [0, 0.05) is 13.1 Å². The average Bonchev–Trinajstić information content (AvgIpc) is 2.29. The number of sulfone groups is 1. The lowest BCUT2D eigenvalue weighted by atomic mass is 10.1. The van der Waals surface area contributed by atoms with E-state index in [4.69, 9.17) is 5.11 Å². The Kier molecular flexibility index (Phi) is 3.25. The molecule has 0 aromatic heterocycles. The molecule has 5 nitrogen and oxygen atoms in total. The molecule has 1 heterocycles. The number of anilines is 1. The molecule has 18 heavy (non-hydrogen) atoms. The summed E-state index contributed by atoms with van der Waals surface area (Å²) in [4.78, 5) is 12.7. The Balaban J connectivity index is 2.32. The van der Waals surface area contributed by atoms with Gasteiger partial charge in [0.2, 0.25) is 0 Å². The molecule has 1 fully saturated rings. The van der Waals surface area contributed by atoms with Gasteiger partial charge < -0.3 is 10.0 Å². The van der Waals surface area contributed by atoms with Crippen LogP contribution in [0.5, 0.6) is 0 Å².